The zero-order chi connectivity index (χ0) is 15.2. The molecule has 0 saturated heterocycles. The summed E-state index contributed by atoms with van der Waals surface area (Å²) in [6, 6.07) is 5.12. The molecule has 2 N–H and O–H groups in total. The van der Waals surface area contributed by atoms with Gasteiger partial charge in [0.25, 0.3) is 5.91 Å². The van der Waals surface area contributed by atoms with Crippen LogP contribution >= 0.6 is 0 Å². The van der Waals surface area contributed by atoms with Gasteiger partial charge in [0.15, 0.2) is 0 Å². The first-order valence-electron chi connectivity index (χ1n) is 7.46. The van der Waals surface area contributed by atoms with Gasteiger partial charge in [0.2, 0.25) is 0 Å². The Morgan fingerprint density at radius 1 is 1.38 bits per heavy atom. The van der Waals surface area contributed by atoms with Crippen molar-refractivity contribution >= 4 is 11.6 Å². The number of nitrogens with two attached hydrogens (primary N) is 1. The van der Waals surface area contributed by atoms with E-state index in [4.69, 9.17) is 15.2 Å². The molecule has 1 aliphatic carbocycles. The summed E-state index contributed by atoms with van der Waals surface area (Å²) < 4.78 is 11.0. The summed E-state index contributed by atoms with van der Waals surface area (Å²) in [5.41, 5.74) is 6.89. The van der Waals surface area contributed by atoms with E-state index in [9.17, 15) is 4.79 Å². The Bertz CT molecular complexity index is 486. The second-order valence-corrected chi connectivity index (χ2v) is 5.47. The molecule has 0 aliphatic heterocycles. The Labute approximate surface area is 126 Å². The van der Waals surface area contributed by atoms with Crippen molar-refractivity contribution in [3.05, 3.63) is 23.8 Å². The smallest absolute Gasteiger partial charge is 0.253 e. The number of nitrogens with zero attached hydrogens (tertiary/aromatic N) is 1. The maximum atomic E-state index is 12.4. The summed E-state index contributed by atoms with van der Waals surface area (Å²) in [7, 11) is 1.77. The third kappa shape index (κ3) is 4.93. The molecule has 1 saturated carbocycles. The molecule has 0 aromatic heterocycles. The fraction of sp³-hybridized carbons (Fsp3) is 0.562. The lowest BCUT2D eigenvalue weighted by atomic mass is 10.1. The van der Waals surface area contributed by atoms with Gasteiger partial charge in [0.05, 0.1) is 13.2 Å². The zero-order valence-electron chi connectivity index (χ0n) is 12.8. The van der Waals surface area contributed by atoms with Crippen molar-refractivity contribution in [1.29, 1.82) is 0 Å². The van der Waals surface area contributed by atoms with Crippen LogP contribution in [0.4, 0.5) is 5.69 Å². The molecule has 1 fully saturated rings. The van der Waals surface area contributed by atoms with E-state index in [1.54, 1.807) is 30.1 Å². The van der Waals surface area contributed by atoms with Gasteiger partial charge >= 0.3 is 0 Å². The number of rotatable bonds is 8. The number of hydrogen-bond acceptors (Lipinski definition) is 4. The topological polar surface area (TPSA) is 64.8 Å². The number of anilines is 1. The number of nitrogen functional groups attached to an aromatic ring is 1. The molecule has 116 valence electrons. The molecule has 0 heterocycles. The van der Waals surface area contributed by atoms with Crippen molar-refractivity contribution in [3.8, 4) is 5.75 Å². The largest absolute Gasteiger partial charge is 0.494 e. The van der Waals surface area contributed by atoms with Gasteiger partial charge in [-0.3, -0.25) is 4.79 Å². The maximum Gasteiger partial charge on any atom is 0.253 e. The second kappa shape index (κ2) is 7.31. The Hall–Kier alpha value is -1.75. The highest BCUT2D eigenvalue weighted by Crippen LogP contribution is 2.28. The van der Waals surface area contributed by atoms with Crippen LogP contribution in [-0.2, 0) is 4.74 Å². The molecule has 1 amide bonds. The van der Waals surface area contributed by atoms with Crippen LogP contribution in [-0.4, -0.2) is 44.2 Å². The minimum Gasteiger partial charge on any atom is -0.494 e. The Balaban J connectivity index is 1.87. The number of ether oxygens (including phenoxy) is 2. The molecule has 0 radical (unpaired) electrons. The lowest BCUT2D eigenvalue weighted by molar-refractivity contribution is 0.0681. The van der Waals surface area contributed by atoms with Gasteiger partial charge in [0.1, 0.15) is 5.75 Å². The van der Waals surface area contributed by atoms with Crippen LogP contribution in [0, 0.1) is 5.92 Å². The predicted molar refractivity (Wildman–Crippen MR) is 82.5 cm³/mol. The number of carbonyl (C=O) groups is 1. The van der Waals surface area contributed by atoms with Crippen molar-refractivity contribution in [1.82, 2.24) is 4.90 Å². The first-order valence-corrected chi connectivity index (χ1v) is 7.46. The van der Waals surface area contributed by atoms with Crippen molar-refractivity contribution < 1.29 is 14.3 Å². The molecule has 21 heavy (non-hydrogen) atoms. The van der Waals surface area contributed by atoms with Gasteiger partial charge in [-0.2, -0.15) is 0 Å². The molecule has 0 bridgehead atoms. The van der Waals surface area contributed by atoms with E-state index >= 15 is 0 Å². The molecular formula is C16H24N2O3. The predicted octanol–water partition coefficient (Wildman–Crippen LogP) is 2.17. The van der Waals surface area contributed by atoms with Crippen LogP contribution in [0.2, 0.25) is 0 Å². The van der Waals surface area contributed by atoms with Crippen molar-refractivity contribution in [3.63, 3.8) is 0 Å². The van der Waals surface area contributed by atoms with E-state index in [0.717, 1.165) is 12.5 Å². The van der Waals surface area contributed by atoms with E-state index in [0.29, 0.717) is 36.8 Å². The van der Waals surface area contributed by atoms with Crippen LogP contribution in [0.3, 0.4) is 0 Å². The highest BCUT2D eigenvalue weighted by atomic mass is 16.5. The average Bonchev–Trinajstić information content (AvgIpc) is 3.26. The molecule has 2 rings (SSSR count). The SMILES string of the molecule is CCOc1cc(N)cc(C(=O)N(C)CCOCC2CC2)c1. The molecule has 1 aromatic carbocycles. The summed E-state index contributed by atoms with van der Waals surface area (Å²) in [6.45, 7) is 4.40. The quantitative estimate of drug-likeness (QED) is 0.589. The summed E-state index contributed by atoms with van der Waals surface area (Å²) >= 11 is 0. The first-order chi connectivity index (χ1) is 10.1. The molecule has 0 spiro atoms. The third-order valence-electron chi connectivity index (χ3n) is 3.46. The highest BCUT2D eigenvalue weighted by molar-refractivity contribution is 5.95. The number of likely N-dealkylation sites (N-methyl/N-ethyl adjacent to an activating group) is 1. The van der Waals surface area contributed by atoms with Crippen molar-refractivity contribution in [2.45, 2.75) is 19.8 Å². The van der Waals surface area contributed by atoms with Crippen molar-refractivity contribution in [2.75, 3.05) is 39.1 Å². The minimum atomic E-state index is -0.0710. The zero-order valence-corrected chi connectivity index (χ0v) is 12.8. The fourth-order valence-electron chi connectivity index (χ4n) is 2.05. The lowest BCUT2D eigenvalue weighted by Crippen LogP contribution is -2.30. The highest BCUT2D eigenvalue weighted by Gasteiger charge is 2.21. The van der Waals surface area contributed by atoms with Crippen LogP contribution in [0.15, 0.2) is 18.2 Å². The van der Waals surface area contributed by atoms with Gasteiger partial charge in [-0.1, -0.05) is 0 Å². The van der Waals surface area contributed by atoms with Gasteiger partial charge < -0.3 is 20.1 Å². The van der Waals surface area contributed by atoms with E-state index in [2.05, 4.69) is 0 Å². The van der Waals surface area contributed by atoms with Gasteiger partial charge in [-0.05, 0) is 37.8 Å². The molecule has 0 atom stereocenters. The Morgan fingerprint density at radius 3 is 2.81 bits per heavy atom. The standard InChI is InChI=1S/C16H24N2O3/c1-3-21-15-9-13(8-14(17)10-15)16(19)18(2)6-7-20-11-12-4-5-12/h8-10,12H,3-7,11,17H2,1-2H3. The molecule has 5 nitrogen and oxygen atoms in total. The van der Waals surface area contributed by atoms with Crippen LogP contribution in [0.5, 0.6) is 5.75 Å². The second-order valence-electron chi connectivity index (χ2n) is 5.47. The van der Waals surface area contributed by atoms with E-state index in [1.165, 1.54) is 12.8 Å². The van der Waals surface area contributed by atoms with Crippen molar-refractivity contribution in [2.24, 2.45) is 5.92 Å². The van der Waals surface area contributed by atoms with Crippen LogP contribution in [0.1, 0.15) is 30.1 Å². The summed E-state index contributed by atoms with van der Waals surface area (Å²) in [5, 5.41) is 0. The van der Waals surface area contributed by atoms with E-state index in [-0.39, 0.29) is 5.91 Å². The van der Waals surface area contributed by atoms with E-state index < -0.39 is 0 Å². The van der Waals surface area contributed by atoms with Crippen LogP contribution < -0.4 is 10.5 Å². The summed E-state index contributed by atoms with van der Waals surface area (Å²) in [6.07, 6.45) is 2.55. The number of hydrogen-bond donors (Lipinski definition) is 1. The Morgan fingerprint density at radius 2 is 2.14 bits per heavy atom. The normalized spacial score (nSPS) is 14.0. The average molecular weight is 292 g/mol. The van der Waals surface area contributed by atoms with Crippen LogP contribution in [0.25, 0.3) is 0 Å². The van der Waals surface area contributed by atoms with Gasteiger partial charge in [0, 0.05) is 37.5 Å². The number of carbonyl (C=O) groups excluding carboxylic acids is 1. The van der Waals surface area contributed by atoms with E-state index in [1.807, 2.05) is 6.92 Å². The molecule has 1 aliphatic rings. The third-order valence-corrected chi connectivity index (χ3v) is 3.46. The molecule has 1 aromatic rings. The fourth-order valence-corrected chi connectivity index (χ4v) is 2.05. The number of amides is 1. The molecule has 0 unspecified atom stereocenters. The minimum absolute atomic E-state index is 0.0710. The van der Waals surface area contributed by atoms with Gasteiger partial charge in [-0.25, -0.2) is 0 Å². The lowest BCUT2D eigenvalue weighted by Gasteiger charge is -2.18. The molecular weight excluding hydrogens is 268 g/mol. The summed E-state index contributed by atoms with van der Waals surface area (Å²) in [5.74, 6) is 1.30. The summed E-state index contributed by atoms with van der Waals surface area (Å²) in [4.78, 5) is 14.0. The Kier molecular flexibility index (Phi) is 5.44. The maximum absolute atomic E-state index is 12.4. The first kappa shape index (κ1) is 15.6. The van der Waals surface area contributed by atoms with Gasteiger partial charge in [-0.15, -0.1) is 0 Å². The molecule has 5 heteroatoms. The monoisotopic (exact) mass is 292 g/mol. The number of benzene rings is 1.